The van der Waals surface area contributed by atoms with Gasteiger partial charge in [0.2, 0.25) is 5.91 Å². The largest absolute Gasteiger partial charge is 0.312 e. The third-order valence-corrected chi connectivity index (χ3v) is 4.36. The number of hydrogen-bond acceptors (Lipinski definition) is 3. The minimum Gasteiger partial charge on any atom is -0.312 e. The van der Waals surface area contributed by atoms with Crippen molar-refractivity contribution in [2.24, 2.45) is 0 Å². The average molecular weight is 305 g/mol. The molecule has 0 radical (unpaired) electrons. The highest BCUT2D eigenvalue weighted by Gasteiger charge is 2.49. The first-order chi connectivity index (χ1) is 10.7. The number of hydrogen-bond donors (Lipinski definition) is 0. The molecule has 1 atom stereocenters. The highest BCUT2D eigenvalue weighted by Crippen LogP contribution is 2.45. The summed E-state index contributed by atoms with van der Waals surface area (Å²) < 4.78 is 0. The van der Waals surface area contributed by atoms with Gasteiger partial charge >= 0.3 is 0 Å². The molecule has 0 saturated carbocycles. The van der Waals surface area contributed by atoms with Crippen LogP contribution in [0.15, 0.2) is 12.5 Å². The molecule has 1 aromatic rings. The van der Waals surface area contributed by atoms with Crippen molar-refractivity contribution in [1.82, 2.24) is 9.97 Å². The van der Waals surface area contributed by atoms with Gasteiger partial charge in [-0.15, -0.1) is 0 Å². The van der Waals surface area contributed by atoms with Crippen molar-refractivity contribution in [2.45, 2.75) is 78.1 Å². The first kappa shape index (κ1) is 18.6. The molecule has 0 saturated heterocycles. The van der Waals surface area contributed by atoms with Gasteiger partial charge in [0.05, 0.1) is 23.0 Å². The molecule has 0 spiro atoms. The summed E-state index contributed by atoms with van der Waals surface area (Å²) in [5.74, 6) is 0.200. The maximum atomic E-state index is 12.8. The molecule has 0 bridgehead atoms. The first-order valence-corrected chi connectivity index (χ1v) is 8.76. The summed E-state index contributed by atoms with van der Waals surface area (Å²) in [5.41, 5.74) is 1.43. The molecular formula is C18H31N3O. The first-order valence-electron chi connectivity index (χ1n) is 8.76. The zero-order chi connectivity index (χ0) is 16.6. The summed E-state index contributed by atoms with van der Waals surface area (Å²) in [7, 11) is 1.84. The van der Waals surface area contributed by atoms with Crippen LogP contribution in [0, 0.1) is 0 Å². The summed E-state index contributed by atoms with van der Waals surface area (Å²) in [6.07, 6.45) is 10.9. The molecule has 2 heterocycles. The highest BCUT2D eigenvalue weighted by atomic mass is 16.2. The van der Waals surface area contributed by atoms with Crippen LogP contribution in [0.25, 0.3) is 0 Å². The van der Waals surface area contributed by atoms with Gasteiger partial charge in [0.15, 0.2) is 0 Å². The zero-order valence-corrected chi connectivity index (χ0v) is 14.9. The SMILES string of the molecule is CC.CCCCCCC1(CCC)C(=O)N(C)c2cncnc21. The molecule has 1 aliphatic heterocycles. The Morgan fingerprint density at radius 2 is 1.82 bits per heavy atom. The van der Waals surface area contributed by atoms with E-state index < -0.39 is 5.41 Å². The summed E-state index contributed by atoms with van der Waals surface area (Å²) >= 11 is 0. The topological polar surface area (TPSA) is 46.1 Å². The molecule has 4 heteroatoms. The number of nitrogens with zero attached hydrogens (tertiary/aromatic N) is 3. The van der Waals surface area contributed by atoms with Gasteiger partial charge in [-0.25, -0.2) is 9.97 Å². The smallest absolute Gasteiger partial charge is 0.239 e. The number of amides is 1. The standard InChI is InChI=1S/C16H25N3O.C2H6/c1-4-6-7-8-10-16(9-5-2)14-13(11-17-12-18-14)19(3)15(16)20;1-2/h11-12H,4-10H2,1-3H3;1-2H3. The second-order valence-corrected chi connectivity index (χ2v) is 5.76. The Balaban J connectivity index is 0.00000116. The van der Waals surface area contributed by atoms with Crippen molar-refractivity contribution in [3.05, 3.63) is 18.2 Å². The van der Waals surface area contributed by atoms with Gasteiger partial charge in [-0.2, -0.15) is 0 Å². The van der Waals surface area contributed by atoms with E-state index in [0.29, 0.717) is 0 Å². The van der Waals surface area contributed by atoms with E-state index in [1.165, 1.54) is 19.3 Å². The summed E-state index contributed by atoms with van der Waals surface area (Å²) in [5, 5.41) is 0. The van der Waals surface area contributed by atoms with E-state index in [0.717, 1.165) is 37.1 Å². The Bertz CT molecular complexity index is 475. The summed E-state index contributed by atoms with van der Waals surface area (Å²) in [6.45, 7) is 8.35. The van der Waals surface area contributed by atoms with E-state index in [9.17, 15) is 4.79 Å². The predicted octanol–water partition coefficient (Wildman–Crippen LogP) is 4.49. The van der Waals surface area contributed by atoms with Crippen LogP contribution >= 0.6 is 0 Å². The molecule has 0 aliphatic carbocycles. The van der Waals surface area contributed by atoms with Crippen LogP contribution in [0.3, 0.4) is 0 Å². The van der Waals surface area contributed by atoms with Gasteiger partial charge in [0.25, 0.3) is 0 Å². The highest BCUT2D eigenvalue weighted by molar-refractivity contribution is 6.06. The number of carbonyl (C=O) groups excluding carboxylic acids is 1. The molecule has 0 fully saturated rings. The Morgan fingerprint density at radius 1 is 1.09 bits per heavy atom. The Morgan fingerprint density at radius 3 is 2.45 bits per heavy atom. The van der Waals surface area contributed by atoms with Crippen LogP contribution in [0.1, 0.15) is 78.3 Å². The number of aromatic nitrogens is 2. The minimum atomic E-state index is -0.407. The van der Waals surface area contributed by atoms with E-state index >= 15 is 0 Å². The van der Waals surface area contributed by atoms with E-state index in [-0.39, 0.29) is 5.91 Å². The monoisotopic (exact) mass is 305 g/mol. The molecule has 0 aromatic carbocycles. The van der Waals surface area contributed by atoms with E-state index in [4.69, 9.17) is 0 Å². The lowest BCUT2D eigenvalue weighted by Gasteiger charge is -2.27. The molecule has 1 unspecified atom stereocenters. The fourth-order valence-electron chi connectivity index (χ4n) is 3.32. The number of carbonyl (C=O) groups is 1. The summed E-state index contributed by atoms with van der Waals surface area (Å²) in [6, 6.07) is 0. The Labute approximate surface area is 135 Å². The van der Waals surface area contributed by atoms with Crippen LogP contribution in [-0.4, -0.2) is 22.9 Å². The van der Waals surface area contributed by atoms with Crippen LogP contribution < -0.4 is 4.90 Å². The van der Waals surface area contributed by atoms with Gasteiger partial charge in [-0.05, 0) is 12.8 Å². The molecule has 1 amide bonds. The van der Waals surface area contributed by atoms with Gasteiger partial charge in [0, 0.05) is 7.05 Å². The van der Waals surface area contributed by atoms with Crippen LogP contribution in [-0.2, 0) is 10.2 Å². The van der Waals surface area contributed by atoms with E-state index in [1.807, 2.05) is 20.9 Å². The maximum absolute atomic E-state index is 12.8. The van der Waals surface area contributed by atoms with Gasteiger partial charge in [-0.3, -0.25) is 4.79 Å². The fourth-order valence-corrected chi connectivity index (χ4v) is 3.32. The predicted molar refractivity (Wildman–Crippen MR) is 92.1 cm³/mol. The molecule has 1 aliphatic rings. The van der Waals surface area contributed by atoms with Crippen LogP contribution in [0.4, 0.5) is 5.69 Å². The molecular weight excluding hydrogens is 274 g/mol. The van der Waals surface area contributed by atoms with Crippen molar-refractivity contribution >= 4 is 11.6 Å². The Kier molecular flexibility index (Phi) is 7.49. The van der Waals surface area contributed by atoms with Crippen molar-refractivity contribution in [1.29, 1.82) is 0 Å². The maximum Gasteiger partial charge on any atom is 0.239 e. The second kappa shape index (κ2) is 8.86. The molecule has 4 nitrogen and oxygen atoms in total. The molecule has 22 heavy (non-hydrogen) atoms. The summed E-state index contributed by atoms with van der Waals surface area (Å²) in [4.78, 5) is 23.1. The van der Waals surface area contributed by atoms with Gasteiger partial charge in [-0.1, -0.05) is 59.8 Å². The van der Waals surface area contributed by atoms with Crippen molar-refractivity contribution in [3.63, 3.8) is 0 Å². The van der Waals surface area contributed by atoms with Gasteiger partial charge < -0.3 is 4.90 Å². The normalized spacial score (nSPS) is 19.7. The number of anilines is 1. The third kappa shape index (κ3) is 3.47. The molecule has 124 valence electrons. The van der Waals surface area contributed by atoms with Crippen molar-refractivity contribution < 1.29 is 4.79 Å². The van der Waals surface area contributed by atoms with E-state index in [2.05, 4.69) is 23.8 Å². The Hall–Kier alpha value is -1.45. The lowest BCUT2D eigenvalue weighted by atomic mass is 9.76. The zero-order valence-electron chi connectivity index (χ0n) is 14.9. The van der Waals surface area contributed by atoms with Gasteiger partial charge in [0.1, 0.15) is 6.33 Å². The molecule has 0 N–H and O–H groups in total. The van der Waals surface area contributed by atoms with Crippen molar-refractivity contribution in [3.8, 4) is 0 Å². The minimum absolute atomic E-state index is 0.200. The molecule has 2 rings (SSSR count). The second-order valence-electron chi connectivity index (χ2n) is 5.76. The van der Waals surface area contributed by atoms with Crippen LogP contribution in [0.5, 0.6) is 0 Å². The number of likely N-dealkylation sites (N-methyl/N-ethyl adjacent to an activating group) is 1. The number of rotatable bonds is 7. The average Bonchev–Trinajstić information content (AvgIpc) is 2.77. The number of fused-ring (bicyclic) bond motifs is 1. The lowest BCUT2D eigenvalue weighted by Crippen LogP contribution is -2.39. The number of unbranched alkanes of at least 4 members (excludes halogenated alkanes) is 3. The fraction of sp³-hybridized carbons (Fsp3) is 0.722. The lowest BCUT2D eigenvalue weighted by molar-refractivity contribution is -0.123. The van der Waals surface area contributed by atoms with E-state index in [1.54, 1.807) is 17.4 Å². The third-order valence-electron chi connectivity index (χ3n) is 4.36. The molecule has 1 aromatic heterocycles. The van der Waals surface area contributed by atoms with Crippen LogP contribution in [0.2, 0.25) is 0 Å². The quantitative estimate of drug-likeness (QED) is 0.697. The van der Waals surface area contributed by atoms with Crippen molar-refractivity contribution in [2.75, 3.05) is 11.9 Å².